The van der Waals surface area contributed by atoms with Gasteiger partial charge in [-0.25, -0.2) is 0 Å². The molecule has 1 rings (SSSR count). The zero-order chi connectivity index (χ0) is 12.5. The summed E-state index contributed by atoms with van der Waals surface area (Å²) in [5.74, 6) is 0.906. The van der Waals surface area contributed by atoms with Gasteiger partial charge >= 0.3 is 0 Å². The van der Waals surface area contributed by atoms with Crippen molar-refractivity contribution < 1.29 is 4.79 Å². The van der Waals surface area contributed by atoms with E-state index in [2.05, 4.69) is 36.4 Å². The molecule has 0 N–H and O–H groups in total. The predicted octanol–water partition coefficient (Wildman–Crippen LogP) is 4.36. The van der Waals surface area contributed by atoms with Crippen molar-refractivity contribution in [2.75, 3.05) is 0 Å². The number of hydrogen-bond acceptors (Lipinski definition) is 1. The molecule has 2 heteroatoms. The van der Waals surface area contributed by atoms with Gasteiger partial charge in [0, 0.05) is 10.7 Å². The van der Waals surface area contributed by atoms with E-state index in [9.17, 15) is 4.79 Å². The molecule has 0 amide bonds. The molecule has 0 aromatic rings. The van der Waals surface area contributed by atoms with Crippen LogP contribution in [0.5, 0.6) is 0 Å². The number of carbonyl (C=O) groups excluding carboxylic acids is 1. The van der Waals surface area contributed by atoms with E-state index >= 15 is 0 Å². The minimum atomic E-state index is 0.152. The molecule has 0 heterocycles. The molecule has 0 aromatic heterocycles. The number of allylic oxidation sites excluding steroid dienone is 1. The average Bonchev–Trinajstić information content (AvgIpc) is 2.18. The molecule has 0 radical (unpaired) electrons. The molecular weight excluding hydrogens is 264 g/mol. The summed E-state index contributed by atoms with van der Waals surface area (Å²) in [5.41, 5.74) is 1.56. The average molecular weight is 287 g/mol. The maximum absolute atomic E-state index is 11.4. The lowest BCUT2D eigenvalue weighted by molar-refractivity contribution is -0.120. The van der Waals surface area contributed by atoms with E-state index in [1.165, 1.54) is 12.0 Å². The van der Waals surface area contributed by atoms with Crippen LogP contribution in [0.3, 0.4) is 0 Å². The van der Waals surface area contributed by atoms with Crippen molar-refractivity contribution in [2.24, 2.45) is 17.3 Å². The van der Waals surface area contributed by atoms with Crippen LogP contribution < -0.4 is 0 Å². The van der Waals surface area contributed by atoms with E-state index < -0.39 is 0 Å². The van der Waals surface area contributed by atoms with Crippen LogP contribution in [0.4, 0.5) is 0 Å². The molecule has 0 spiro atoms. The number of halogens is 1. The van der Waals surface area contributed by atoms with Crippen LogP contribution in [0.25, 0.3) is 0 Å². The van der Waals surface area contributed by atoms with E-state index in [1.54, 1.807) is 6.92 Å². The lowest BCUT2D eigenvalue weighted by Crippen LogP contribution is -2.35. The van der Waals surface area contributed by atoms with Gasteiger partial charge in [0.15, 0.2) is 0 Å². The van der Waals surface area contributed by atoms with Gasteiger partial charge in [-0.1, -0.05) is 48.9 Å². The first-order valence-electron chi connectivity index (χ1n) is 6.09. The summed E-state index contributed by atoms with van der Waals surface area (Å²) in [4.78, 5) is 11.8. The lowest BCUT2D eigenvalue weighted by Gasteiger charge is -2.43. The van der Waals surface area contributed by atoms with Crippen LogP contribution in [0.15, 0.2) is 12.2 Å². The third-order valence-corrected chi connectivity index (χ3v) is 5.16. The normalized spacial score (nSPS) is 31.2. The third kappa shape index (κ3) is 2.97. The third-order valence-electron chi connectivity index (χ3n) is 4.12. The topological polar surface area (TPSA) is 17.1 Å². The zero-order valence-electron chi connectivity index (χ0n) is 10.8. The fourth-order valence-electron chi connectivity index (χ4n) is 2.57. The molecule has 3 unspecified atom stereocenters. The second-order valence-electron chi connectivity index (χ2n) is 5.87. The monoisotopic (exact) mass is 286 g/mol. The minimum absolute atomic E-state index is 0.152. The Labute approximate surface area is 108 Å². The number of carbonyl (C=O) groups is 1. The summed E-state index contributed by atoms with van der Waals surface area (Å²) in [6, 6.07) is 0. The van der Waals surface area contributed by atoms with Gasteiger partial charge in [0.2, 0.25) is 0 Å². The molecule has 0 bridgehead atoms. The molecule has 1 aliphatic rings. The number of ketones is 1. The number of alkyl halides is 1. The van der Waals surface area contributed by atoms with Crippen LogP contribution in [0.1, 0.15) is 47.0 Å². The highest BCUT2D eigenvalue weighted by molar-refractivity contribution is 9.09. The smallest absolute Gasteiger partial charge is 0.132 e. The molecule has 0 aliphatic heterocycles. The molecule has 16 heavy (non-hydrogen) atoms. The van der Waals surface area contributed by atoms with Gasteiger partial charge in [-0.2, -0.15) is 0 Å². The van der Waals surface area contributed by atoms with E-state index in [-0.39, 0.29) is 11.3 Å². The molecule has 0 aromatic carbocycles. The first kappa shape index (κ1) is 14.0. The van der Waals surface area contributed by atoms with Gasteiger partial charge in [-0.15, -0.1) is 0 Å². The predicted molar refractivity (Wildman–Crippen MR) is 72.8 cm³/mol. The Bertz CT molecular complexity index is 293. The molecule has 1 nitrogen and oxygen atoms in total. The Kier molecular flexibility index (Phi) is 4.39. The number of rotatable bonds is 3. The van der Waals surface area contributed by atoms with Crippen molar-refractivity contribution in [3.8, 4) is 0 Å². The zero-order valence-corrected chi connectivity index (χ0v) is 12.4. The fraction of sp³-hybridized carbons (Fsp3) is 0.786. The van der Waals surface area contributed by atoms with Gasteiger partial charge in [0.1, 0.15) is 5.78 Å². The first-order chi connectivity index (χ1) is 7.25. The van der Waals surface area contributed by atoms with Gasteiger partial charge in [0.25, 0.3) is 0 Å². The van der Waals surface area contributed by atoms with Crippen LogP contribution in [-0.4, -0.2) is 10.6 Å². The Morgan fingerprint density at radius 2 is 2.19 bits per heavy atom. The van der Waals surface area contributed by atoms with Crippen molar-refractivity contribution in [3.05, 3.63) is 12.2 Å². The lowest BCUT2D eigenvalue weighted by atomic mass is 9.64. The fourth-order valence-corrected chi connectivity index (χ4v) is 3.12. The molecule has 92 valence electrons. The molecular formula is C14H23BrO. The highest BCUT2D eigenvalue weighted by Crippen LogP contribution is 2.48. The Balaban J connectivity index is 2.80. The van der Waals surface area contributed by atoms with Gasteiger partial charge in [-0.3, -0.25) is 4.79 Å². The summed E-state index contributed by atoms with van der Waals surface area (Å²) >= 11 is 3.69. The van der Waals surface area contributed by atoms with Crippen molar-refractivity contribution in [2.45, 2.75) is 51.8 Å². The van der Waals surface area contributed by atoms with E-state index in [0.717, 1.165) is 12.8 Å². The highest BCUT2D eigenvalue weighted by Gasteiger charge is 2.39. The number of Topliss-reactive ketones (excluding diaryl/α,β-unsaturated/α-hetero) is 1. The Morgan fingerprint density at radius 1 is 1.62 bits per heavy atom. The molecule has 0 saturated heterocycles. The summed E-state index contributed by atoms with van der Waals surface area (Å²) in [6.07, 6.45) is 3.32. The minimum Gasteiger partial charge on any atom is -0.300 e. The van der Waals surface area contributed by atoms with E-state index in [1.807, 2.05) is 6.92 Å². The highest BCUT2D eigenvalue weighted by atomic mass is 79.9. The summed E-state index contributed by atoms with van der Waals surface area (Å²) < 4.78 is 0. The largest absolute Gasteiger partial charge is 0.300 e. The second-order valence-corrected chi connectivity index (χ2v) is 6.98. The van der Waals surface area contributed by atoms with Crippen LogP contribution in [-0.2, 0) is 4.79 Å². The van der Waals surface area contributed by atoms with Crippen molar-refractivity contribution in [3.63, 3.8) is 0 Å². The quantitative estimate of drug-likeness (QED) is 0.557. The Morgan fingerprint density at radius 3 is 2.69 bits per heavy atom. The molecule has 1 aliphatic carbocycles. The van der Waals surface area contributed by atoms with Gasteiger partial charge in [0.05, 0.1) is 0 Å². The van der Waals surface area contributed by atoms with Gasteiger partial charge in [-0.05, 0) is 37.5 Å². The summed E-state index contributed by atoms with van der Waals surface area (Å²) in [6.45, 7) is 12.5. The maximum Gasteiger partial charge on any atom is 0.132 e. The van der Waals surface area contributed by atoms with Crippen molar-refractivity contribution in [1.82, 2.24) is 0 Å². The molecule has 1 fully saturated rings. The van der Waals surface area contributed by atoms with Crippen LogP contribution in [0, 0.1) is 17.3 Å². The van der Waals surface area contributed by atoms with Crippen LogP contribution >= 0.6 is 15.9 Å². The second kappa shape index (κ2) is 5.03. The van der Waals surface area contributed by atoms with E-state index in [0.29, 0.717) is 16.5 Å². The van der Waals surface area contributed by atoms with Crippen molar-refractivity contribution in [1.29, 1.82) is 0 Å². The van der Waals surface area contributed by atoms with Crippen LogP contribution in [0.2, 0.25) is 0 Å². The SMILES string of the molecule is C=C1C(Br)CCC(C)(C)C1CC(C)C(C)=O. The van der Waals surface area contributed by atoms with Gasteiger partial charge < -0.3 is 0 Å². The molecule has 1 saturated carbocycles. The summed E-state index contributed by atoms with van der Waals surface area (Å²) in [5, 5.41) is 0. The molecule has 3 atom stereocenters. The van der Waals surface area contributed by atoms with E-state index in [4.69, 9.17) is 0 Å². The Hall–Kier alpha value is -0.110. The van der Waals surface area contributed by atoms with Crippen molar-refractivity contribution >= 4 is 21.7 Å². The summed E-state index contributed by atoms with van der Waals surface area (Å²) in [7, 11) is 0. The maximum atomic E-state index is 11.4. The number of hydrogen-bond donors (Lipinski definition) is 0. The first-order valence-corrected chi connectivity index (χ1v) is 7.00. The standard InChI is InChI=1S/C14H23BrO/c1-9(11(3)16)8-12-10(2)13(15)6-7-14(12,4)5/h9,12-13H,2,6-8H2,1,3-5H3.